The zero-order chi connectivity index (χ0) is 14.8. The van der Waals surface area contributed by atoms with E-state index in [-0.39, 0.29) is 5.41 Å². The first-order valence-electron chi connectivity index (χ1n) is 7.00. The van der Waals surface area contributed by atoms with Crippen LogP contribution >= 0.6 is 0 Å². The van der Waals surface area contributed by atoms with Gasteiger partial charge >= 0.3 is 0 Å². The van der Waals surface area contributed by atoms with Crippen LogP contribution in [0.3, 0.4) is 0 Å². The molecule has 2 rings (SSSR count). The van der Waals surface area contributed by atoms with Crippen LogP contribution in [0.25, 0.3) is 11.3 Å². The third-order valence-electron chi connectivity index (χ3n) is 3.41. The first-order valence-corrected chi connectivity index (χ1v) is 7.00. The van der Waals surface area contributed by atoms with Gasteiger partial charge in [-0.25, -0.2) is 9.97 Å². The zero-order valence-corrected chi connectivity index (χ0v) is 13.0. The van der Waals surface area contributed by atoms with Crippen molar-refractivity contribution in [3.63, 3.8) is 0 Å². The van der Waals surface area contributed by atoms with Gasteiger partial charge in [0, 0.05) is 11.8 Å². The molecule has 3 heteroatoms. The highest BCUT2D eigenvalue weighted by atomic mass is 14.9. The van der Waals surface area contributed by atoms with Gasteiger partial charge in [-0.3, -0.25) is 0 Å². The number of hydrogen-bond donors (Lipinski definition) is 1. The fraction of sp³-hybridized carbons (Fsp3) is 0.412. The van der Waals surface area contributed by atoms with Gasteiger partial charge in [0.1, 0.15) is 5.82 Å². The molecule has 0 amide bonds. The summed E-state index contributed by atoms with van der Waals surface area (Å²) in [6.07, 6.45) is 1.83. The van der Waals surface area contributed by atoms with Crippen LogP contribution in [0.5, 0.6) is 0 Å². The molecule has 1 aromatic heterocycles. The molecule has 106 valence electrons. The van der Waals surface area contributed by atoms with E-state index < -0.39 is 0 Å². The molecule has 0 saturated heterocycles. The second-order valence-electron chi connectivity index (χ2n) is 6.17. The molecule has 0 saturated carbocycles. The molecular weight excluding hydrogens is 246 g/mol. The second-order valence-corrected chi connectivity index (χ2v) is 6.17. The van der Waals surface area contributed by atoms with Gasteiger partial charge in [0.15, 0.2) is 0 Å². The molecular formula is C17H23N3. The quantitative estimate of drug-likeness (QED) is 0.927. The molecule has 20 heavy (non-hydrogen) atoms. The van der Waals surface area contributed by atoms with Crippen LogP contribution < -0.4 is 5.32 Å². The predicted octanol–water partition coefficient (Wildman–Crippen LogP) is 3.47. The number of nitrogens with one attached hydrogen (secondary N) is 1. The SMILES string of the molecule is CNCc1nccc(-c2ccc(C(C)(C)C)cc2C)n1. The maximum Gasteiger partial charge on any atom is 0.142 e. The smallest absolute Gasteiger partial charge is 0.142 e. The first-order chi connectivity index (χ1) is 9.41. The molecule has 0 atom stereocenters. The maximum absolute atomic E-state index is 4.61. The molecule has 1 heterocycles. The number of rotatable bonds is 3. The average molecular weight is 269 g/mol. The number of hydrogen-bond acceptors (Lipinski definition) is 3. The topological polar surface area (TPSA) is 37.8 Å². The summed E-state index contributed by atoms with van der Waals surface area (Å²) in [4.78, 5) is 8.88. The van der Waals surface area contributed by atoms with Crippen molar-refractivity contribution in [2.45, 2.75) is 39.7 Å². The van der Waals surface area contributed by atoms with E-state index in [2.05, 4.69) is 61.2 Å². The number of aryl methyl sites for hydroxylation is 1. The van der Waals surface area contributed by atoms with Crippen LogP contribution in [0.4, 0.5) is 0 Å². The fourth-order valence-corrected chi connectivity index (χ4v) is 2.21. The van der Waals surface area contributed by atoms with E-state index in [9.17, 15) is 0 Å². The highest BCUT2D eigenvalue weighted by Crippen LogP contribution is 2.28. The van der Waals surface area contributed by atoms with Crippen LogP contribution in [0.2, 0.25) is 0 Å². The van der Waals surface area contributed by atoms with Crippen molar-refractivity contribution in [1.82, 2.24) is 15.3 Å². The Labute approximate surface area is 121 Å². The highest BCUT2D eigenvalue weighted by Gasteiger charge is 2.15. The van der Waals surface area contributed by atoms with Crippen LogP contribution in [-0.4, -0.2) is 17.0 Å². The van der Waals surface area contributed by atoms with Crippen molar-refractivity contribution < 1.29 is 0 Å². The number of benzene rings is 1. The maximum atomic E-state index is 4.61. The average Bonchev–Trinajstić information content (AvgIpc) is 2.38. The van der Waals surface area contributed by atoms with E-state index in [1.54, 1.807) is 0 Å². The summed E-state index contributed by atoms with van der Waals surface area (Å²) in [6.45, 7) is 9.53. The van der Waals surface area contributed by atoms with E-state index in [1.165, 1.54) is 16.7 Å². The predicted molar refractivity (Wildman–Crippen MR) is 83.7 cm³/mol. The number of nitrogens with zero attached hydrogens (tertiary/aromatic N) is 2. The lowest BCUT2D eigenvalue weighted by Crippen LogP contribution is -2.11. The van der Waals surface area contributed by atoms with Crippen LogP contribution in [0, 0.1) is 6.92 Å². The van der Waals surface area contributed by atoms with Gasteiger partial charge in [0.2, 0.25) is 0 Å². The van der Waals surface area contributed by atoms with E-state index >= 15 is 0 Å². The fourth-order valence-electron chi connectivity index (χ4n) is 2.21. The molecule has 0 fully saturated rings. The monoisotopic (exact) mass is 269 g/mol. The highest BCUT2D eigenvalue weighted by molar-refractivity contribution is 5.64. The Bertz CT molecular complexity index is 597. The Balaban J connectivity index is 2.41. The Morgan fingerprint density at radius 1 is 1.15 bits per heavy atom. The summed E-state index contributed by atoms with van der Waals surface area (Å²) in [5.74, 6) is 0.823. The Morgan fingerprint density at radius 2 is 1.90 bits per heavy atom. The lowest BCUT2D eigenvalue weighted by Gasteiger charge is -2.20. The van der Waals surface area contributed by atoms with Crippen LogP contribution in [-0.2, 0) is 12.0 Å². The molecule has 0 bridgehead atoms. The van der Waals surface area contributed by atoms with Crippen molar-refractivity contribution in [2.24, 2.45) is 0 Å². The van der Waals surface area contributed by atoms with Crippen LogP contribution in [0.1, 0.15) is 37.7 Å². The summed E-state index contributed by atoms with van der Waals surface area (Å²) < 4.78 is 0. The normalized spacial score (nSPS) is 11.7. The molecule has 0 spiro atoms. The lowest BCUT2D eigenvalue weighted by atomic mass is 9.85. The van der Waals surface area contributed by atoms with Crippen LogP contribution in [0.15, 0.2) is 30.5 Å². The zero-order valence-electron chi connectivity index (χ0n) is 13.0. The summed E-state index contributed by atoms with van der Waals surface area (Å²) >= 11 is 0. The van der Waals surface area contributed by atoms with Gasteiger partial charge < -0.3 is 5.32 Å². The van der Waals surface area contributed by atoms with Gasteiger partial charge in [-0.05, 0) is 36.6 Å². The summed E-state index contributed by atoms with van der Waals surface area (Å²) in [6, 6.07) is 8.59. The third kappa shape index (κ3) is 3.23. The molecule has 0 radical (unpaired) electrons. The van der Waals surface area contributed by atoms with E-state index in [0.717, 1.165) is 11.5 Å². The molecule has 0 aliphatic carbocycles. The third-order valence-corrected chi connectivity index (χ3v) is 3.41. The summed E-state index contributed by atoms with van der Waals surface area (Å²) in [7, 11) is 1.90. The van der Waals surface area contributed by atoms with Gasteiger partial charge in [-0.15, -0.1) is 0 Å². The van der Waals surface area contributed by atoms with Crippen molar-refractivity contribution in [3.05, 3.63) is 47.4 Å². The minimum atomic E-state index is 0.173. The standard InChI is InChI=1S/C17H23N3/c1-12-10-13(17(2,3)4)6-7-14(12)15-8-9-19-16(20-15)11-18-5/h6-10,18H,11H2,1-5H3. The Hall–Kier alpha value is -1.74. The second kappa shape index (κ2) is 5.71. The van der Waals surface area contributed by atoms with Crippen molar-refractivity contribution in [1.29, 1.82) is 0 Å². The van der Waals surface area contributed by atoms with Gasteiger partial charge in [0.25, 0.3) is 0 Å². The van der Waals surface area contributed by atoms with Gasteiger partial charge in [-0.1, -0.05) is 39.0 Å². The Kier molecular flexibility index (Phi) is 4.19. The lowest BCUT2D eigenvalue weighted by molar-refractivity contribution is 0.590. The first kappa shape index (κ1) is 14.7. The molecule has 3 nitrogen and oxygen atoms in total. The summed E-state index contributed by atoms with van der Waals surface area (Å²) in [5.41, 5.74) is 4.95. The van der Waals surface area contributed by atoms with Gasteiger partial charge in [-0.2, -0.15) is 0 Å². The van der Waals surface area contributed by atoms with E-state index in [0.29, 0.717) is 6.54 Å². The minimum absolute atomic E-state index is 0.173. The molecule has 0 aliphatic rings. The molecule has 0 unspecified atom stereocenters. The molecule has 0 aliphatic heterocycles. The summed E-state index contributed by atoms with van der Waals surface area (Å²) in [5, 5.41) is 3.08. The number of aromatic nitrogens is 2. The van der Waals surface area contributed by atoms with E-state index in [4.69, 9.17) is 0 Å². The van der Waals surface area contributed by atoms with E-state index in [1.807, 2.05) is 19.3 Å². The van der Waals surface area contributed by atoms with Gasteiger partial charge in [0.05, 0.1) is 12.2 Å². The molecule has 2 aromatic rings. The largest absolute Gasteiger partial charge is 0.313 e. The minimum Gasteiger partial charge on any atom is -0.313 e. The molecule has 1 N–H and O–H groups in total. The van der Waals surface area contributed by atoms with Crippen molar-refractivity contribution in [3.8, 4) is 11.3 Å². The van der Waals surface area contributed by atoms with Crippen molar-refractivity contribution in [2.75, 3.05) is 7.05 Å². The molecule has 1 aromatic carbocycles. The Morgan fingerprint density at radius 3 is 2.50 bits per heavy atom. The van der Waals surface area contributed by atoms with Crippen molar-refractivity contribution >= 4 is 0 Å².